The molecule has 1 unspecified atom stereocenters. The van der Waals surface area contributed by atoms with Gasteiger partial charge in [0.15, 0.2) is 5.54 Å². The Labute approximate surface area is 125 Å². The van der Waals surface area contributed by atoms with Gasteiger partial charge in [-0.1, -0.05) is 36.4 Å². The Morgan fingerprint density at radius 1 is 1.05 bits per heavy atom. The van der Waals surface area contributed by atoms with E-state index in [9.17, 15) is 18.0 Å². The highest BCUT2D eigenvalue weighted by molar-refractivity contribution is 5.89. The van der Waals surface area contributed by atoms with E-state index in [1.165, 1.54) is 0 Å². The highest BCUT2D eigenvalue weighted by Gasteiger charge is 2.65. The van der Waals surface area contributed by atoms with Gasteiger partial charge in [-0.2, -0.15) is 13.2 Å². The largest absolute Gasteiger partial charge is 0.415 e. The van der Waals surface area contributed by atoms with Crippen LogP contribution in [0.2, 0.25) is 0 Å². The third kappa shape index (κ3) is 1.54. The van der Waals surface area contributed by atoms with Gasteiger partial charge in [0.2, 0.25) is 5.91 Å². The van der Waals surface area contributed by atoms with E-state index in [1.807, 2.05) is 24.3 Å². The molecule has 114 valence electrons. The van der Waals surface area contributed by atoms with Gasteiger partial charge in [0.1, 0.15) is 0 Å². The van der Waals surface area contributed by atoms with Crippen molar-refractivity contribution in [2.75, 3.05) is 6.54 Å². The predicted molar refractivity (Wildman–Crippen MR) is 76.3 cm³/mol. The second-order valence-electron chi connectivity index (χ2n) is 5.97. The maximum absolute atomic E-state index is 13.9. The lowest BCUT2D eigenvalue weighted by atomic mass is 9.78. The molecule has 22 heavy (non-hydrogen) atoms. The van der Waals surface area contributed by atoms with Crippen LogP contribution in [0.3, 0.4) is 0 Å². The number of benzene rings is 2. The van der Waals surface area contributed by atoms with E-state index in [1.54, 1.807) is 12.1 Å². The monoisotopic (exact) mass is 305 g/mol. The molecule has 0 N–H and O–H groups in total. The molecule has 0 bridgehead atoms. The number of nitrogens with zero attached hydrogens (tertiary/aromatic N) is 1. The van der Waals surface area contributed by atoms with E-state index in [0.29, 0.717) is 6.42 Å². The first-order valence-electron chi connectivity index (χ1n) is 7.33. The standard InChI is InChI=1S/C17H14F3NO/c18-17(19,20)16-9-7-15(22)21(16)10-8-13-12-4-2-1-3-11(12)5-6-14(13)16/h1-6H,7-10H2. The van der Waals surface area contributed by atoms with Crippen molar-refractivity contribution in [3.8, 4) is 0 Å². The summed E-state index contributed by atoms with van der Waals surface area (Å²) < 4.78 is 41.8. The Morgan fingerprint density at radius 3 is 2.59 bits per heavy atom. The Morgan fingerprint density at radius 2 is 1.82 bits per heavy atom. The highest BCUT2D eigenvalue weighted by atomic mass is 19.4. The van der Waals surface area contributed by atoms with Gasteiger partial charge >= 0.3 is 6.18 Å². The lowest BCUT2D eigenvalue weighted by molar-refractivity contribution is -0.231. The maximum atomic E-state index is 13.9. The first kappa shape index (κ1) is 13.6. The number of carbonyl (C=O) groups is 1. The van der Waals surface area contributed by atoms with Gasteiger partial charge in [-0.3, -0.25) is 4.79 Å². The van der Waals surface area contributed by atoms with Crippen LogP contribution in [0.1, 0.15) is 24.0 Å². The fraction of sp³-hybridized carbons (Fsp3) is 0.353. The van der Waals surface area contributed by atoms with Crippen molar-refractivity contribution < 1.29 is 18.0 Å². The third-order valence-corrected chi connectivity index (χ3v) is 5.00. The first-order valence-corrected chi connectivity index (χ1v) is 7.33. The third-order valence-electron chi connectivity index (χ3n) is 5.00. The summed E-state index contributed by atoms with van der Waals surface area (Å²) in [6.45, 7) is 0.138. The fourth-order valence-corrected chi connectivity index (χ4v) is 4.03. The molecule has 2 heterocycles. The van der Waals surface area contributed by atoms with Crippen LogP contribution in [0, 0.1) is 0 Å². The molecule has 2 aliphatic heterocycles. The molecule has 4 rings (SSSR count). The Bertz CT molecular complexity index is 783. The molecule has 0 radical (unpaired) electrons. The van der Waals surface area contributed by atoms with E-state index in [2.05, 4.69) is 0 Å². The molecule has 1 amide bonds. The van der Waals surface area contributed by atoms with Crippen molar-refractivity contribution in [1.29, 1.82) is 0 Å². The van der Waals surface area contributed by atoms with Gasteiger partial charge in [0.25, 0.3) is 0 Å². The fourth-order valence-electron chi connectivity index (χ4n) is 4.03. The van der Waals surface area contributed by atoms with E-state index < -0.39 is 17.6 Å². The first-order chi connectivity index (χ1) is 10.4. The second-order valence-corrected chi connectivity index (χ2v) is 5.97. The molecule has 2 aromatic rings. The number of hydrogen-bond acceptors (Lipinski definition) is 1. The Hall–Kier alpha value is -2.04. The summed E-state index contributed by atoms with van der Waals surface area (Å²) in [5, 5.41) is 1.80. The van der Waals surface area contributed by atoms with Crippen LogP contribution in [0.4, 0.5) is 13.2 Å². The van der Waals surface area contributed by atoms with E-state index >= 15 is 0 Å². The molecule has 0 aromatic heterocycles. The van der Waals surface area contributed by atoms with E-state index in [0.717, 1.165) is 21.2 Å². The van der Waals surface area contributed by atoms with Crippen LogP contribution in [0.25, 0.3) is 10.8 Å². The van der Waals surface area contributed by atoms with Gasteiger partial charge in [0, 0.05) is 13.0 Å². The number of alkyl halides is 3. The lowest BCUT2D eigenvalue weighted by Crippen LogP contribution is -2.56. The molecule has 2 aromatic carbocycles. The van der Waals surface area contributed by atoms with Crippen molar-refractivity contribution in [2.45, 2.75) is 31.0 Å². The molecule has 0 aliphatic carbocycles. The molecule has 1 fully saturated rings. The topological polar surface area (TPSA) is 20.3 Å². The van der Waals surface area contributed by atoms with Crippen LogP contribution in [-0.2, 0) is 16.8 Å². The van der Waals surface area contributed by atoms with Crippen molar-refractivity contribution >= 4 is 16.7 Å². The number of rotatable bonds is 0. The zero-order valence-corrected chi connectivity index (χ0v) is 11.8. The quantitative estimate of drug-likeness (QED) is 0.725. The second kappa shape index (κ2) is 4.24. The van der Waals surface area contributed by atoms with Gasteiger partial charge in [-0.25, -0.2) is 0 Å². The van der Waals surface area contributed by atoms with Crippen LogP contribution >= 0.6 is 0 Å². The van der Waals surface area contributed by atoms with Gasteiger partial charge in [-0.05, 0) is 34.7 Å². The van der Waals surface area contributed by atoms with Crippen molar-refractivity contribution in [3.63, 3.8) is 0 Å². The summed E-state index contributed by atoms with van der Waals surface area (Å²) in [4.78, 5) is 13.0. The molecular formula is C17H14F3NO. The molecule has 0 saturated carbocycles. The summed E-state index contributed by atoms with van der Waals surface area (Å²) >= 11 is 0. The smallest absolute Gasteiger partial charge is 0.324 e. The maximum Gasteiger partial charge on any atom is 0.415 e. The van der Waals surface area contributed by atoms with E-state index in [4.69, 9.17) is 0 Å². The SMILES string of the molecule is O=C1CCC2(C(F)(F)F)c3ccc4ccccc4c3CCN12. The minimum absolute atomic E-state index is 0.0359. The average Bonchev–Trinajstić information content (AvgIpc) is 2.85. The summed E-state index contributed by atoms with van der Waals surface area (Å²) in [6, 6.07) is 10.8. The van der Waals surface area contributed by atoms with Crippen molar-refractivity contribution in [3.05, 3.63) is 47.5 Å². The zero-order chi connectivity index (χ0) is 15.5. The van der Waals surface area contributed by atoms with Crippen LogP contribution in [0.5, 0.6) is 0 Å². The summed E-state index contributed by atoms with van der Waals surface area (Å²) in [7, 11) is 0. The molecule has 2 aliphatic rings. The Balaban J connectivity index is 2.05. The summed E-state index contributed by atoms with van der Waals surface area (Å²) in [5.74, 6) is -0.392. The molecule has 0 spiro atoms. The molecule has 2 nitrogen and oxygen atoms in total. The average molecular weight is 305 g/mol. The number of fused-ring (bicyclic) bond motifs is 5. The summed E-state index contributed by atoms with van der Waals surface area (Å²) in [5.41, 5.74) is -1.14. The zero-order valence-electron chi connectivity index (χ0n) is 11.8. The van der Waals surface area contributed by atoms with Crippen LogP contribution < -0.4 is 0 Å². The highest BCUT2D eigenvalue weighted by Crippen LogP contribution is 2.54. The Kier molecular flexibility index (Phi) is 2.63. The number of halogens is 3. The molecule has 1 saturated heterocycles. The minimum Gasteiger partial charge on any atom is -0.324 e. The van der Waals surface area contributed by atoms with E-state index in [-0.39, 0.29) is 24.9 Å². The number of carbonyl (C=O) groups excluding carboxylic acids is 1. The number of amides is 1. The lowest BCUT2D eigenvalue weighted by Gasteiger charge is -2.45. The summed E-state index contributed by atoms with van der Waals surface area (Å²) in [6.07, 6.45) is -4.20. The molecule has 5 heteroatoms. The van der Waals surface area contributed by atoms with Gasteiger partial charge in [0.05, 0.1) is 0 Å². The number of hydrogen-bond donors (Lipinski definition) is 0. The van der Waals surface area contributed by atoms with Crippen molar-refractivity contribution in [2.24, 2.45) is 0 Å². The van der Waals surface area contributed by atoms with Crippen LogP contribution in [0.15, 0.2) is 36.4 Å². The normalized spacial score (nSPS) is 24.5. The predicted octanol–water partition coefficient (Wildman–Crippen LogP) is 3.78. The van der Waals surface area contributed by atoms with Crippen molar-refractivity contribution in [1.82, 2.24) is 4.90 Å². The molecule has 1 atom stereocenters. The molecular weight excluding hydrogens is 291 g/mol. The van der Waals surface area contributed by atoms with Crippen LogP contribution in [-0.4, -0.2) is 23.5 Å². The van der Waals surface area contributed by atoms with Gasteiger partial charge < -0.3 is 4.90 Å². The van der Waals surface area contributed by atoms with Gasteiger partial charge in [-0.15, -0.1) is 0 Å². The minimum atomic E-state index is -4.46.